The molecule has 0 atom stereocenters. The molecule has 0 aliphatic rings. The van der Waals surface area contributed by atoms with Crippen LogP contribution in [0.25, 0.3) is 0 Å². The molecule has 1 aromatic carbocycles. The van der Waals surface area contributed by atoms with Crippen LogP contribution in [0.15, 0.2) is 24.3 Å². The zero-order chi connectivity index (χ0) is 13.3. The van der Waals surface area contributed by atoms with E-state index in [0.717, 1.165) is 12.1 Å². The van der Waals surface area contributed by atoms with Crippen molar-refractivity contribution in [1.29, 1.82) is 0 Å². The minimum absolute atomic E-state index is 0.446. The fourth-order valence-electron chi connectivity index (χ4n) is 1.31. The average molecular weight is 274 g/mol. The van der Waals surface area contributed by atoms with Crippen molar-refractivity contribution in [2.75, 3.05) is 5.75 Å². The molecular weight excluding hydrogens is 264 g/mol. The van der Waals surface area contributed by atoms with Crippen LogP contribution in [0.4, 0.5) is 17.6 Å². The van der Waals surface area contributed by atoms with E-state index in [1.165, 1.54) is 12.1 Å². The van der Waals surface area contributed by atoms with Gasteiger partial charge in [-0.25, -0.2) is 8.60 Å². The lowest BCUT2D eigenvalue weighted by Crippen LogP contribution is -2.43. The average Bonchev–Trinajstić information content (AvgIpc) is 2.02. The first-order valence-electron chi connectivity index (χ1n) is 4.40. The van der Waals surface area contributed by atoms with Gasteiger partial charge in [-0.15, -0.1) is 0 Å². The molecule has 98 valence electrons. The minimum Gasteiger partial charge on any atom is -0.307 e. The predicted octanol–water partition coefficient (Wildman–Crippen LogP) is 2.65. The maximum atomic E-state index is 13.1. The first-order valence-corrected chi connectivity index (χ1v) is 6.62. The topological polar surface area (TPSA) is 57.5 Å². The zero-order valence-corrected chi connectivity index (χ0v) is 9.26. The second-order valence-electron chi connectivity index (χ2n) is 3.68. The summed E-state index contributed by atoms with van der Waals surface area (Å²) in [5.41, 5.74) is -0.446. The maximum absolute atomic E-state index is 13.1. The van der Waals surface area contributed by atoms with Crippen LogP contribution >= 0.6 is 0 Å². The summed E-state index contributed by atoms with van der Waals surface area (Å²) in [7, 11) is -5.94. The molecule has 0 unspecified atom stereocenters. The monoisotopic (exact) mass is 274 g/mol. The van der Waals surface area contributed by atoms with Crippen molar-refractivity contribution in [3.8, 4) is 0 Å². The van der Waals surface area contributed by atoms with Crippen LogP contribution in [-0.2, 0) is 15.4 Å². The summed E-state index contributed by atoms with van der Waals surface area (Å²) in [6, 6.07) is 4.52. The van der Waals surface area contributed by atoms with Gasteiger partial charge in [0.25, 0.3) is 0 Å². The standard InChI is InChI=1S/C9H10F4O3S/c10-8-4-2-1-3-7(8)5-17(14,15,16)6-9(11,12)13/h1-4H,5-6H2,(H2,14,15,16). The number of benzene rings is 1. The number of rotatable bonds is 3. The smallest absolute Gasteiger partial charge is 0.307 e. The Hall–Kier alpha value is -0.990. The fourth-order valence-corrected chi connectivity index (χ4v) is 2.93. The molecule has 1 aromatic rings. The van der Waals surface area contributed by atoms with Crippen LogP contribution in [-0.4, -0.2) is 25.2 Å². The van der Waals surface area contributed by atoms with E-state index in [2.05, 4.69) is 0 Å². The van der Waals surface area contributed by atoms with Gasteiger partial charge in [0, 0.05) is 5.56 Å². The van der Waals surface area contributed by atoms with Crippen LogP contribution in [0.3, 0.4) is 0 Å². The molecule has 3 nitrogen and oxygen atoms in total. The fraction of sp³-hybridized carbons (Fsp3) is 0.333. The van der Waals surface area contributed by atoms with Gasteiger partial charge in [-0.3, -0.25) is 0 Å². The van der Waals surface area contributed by atoms with Gasteiger partial charge in [0.1, 0.15) is 11.6 Å². The molecule has 0 bridgehead atoms. The van der Waals surface area contributed by atoms with Gasteiger partial charge in [0.2, 0.25) is 0 Å². The largest absolute Gasteiger partial charge is 0.402 e. The van der Waals surface area contributed by atoms with Crippen LogP contribution < -0.4 is 0 Å². The molecule has 0 fully saturated rings. The normalized spacial score (nSPS) is 15.3. The Morgan fingerprint density at radius 2 is 1.71 bits per heavy atom. The Morgan fingerprint density at radius 3 is 2.18 bits per heavy atom. The zero-order valence-electron chi connectivity index (χ0n) is 8.45. The molecule has 1 rings (SSSR count). The Morgan fingerprint density at radius 1 is 1.18 bits per heavy atom. The molecule has 8 heteroatoms. The first kappa shape index (κ1) is 14.1. The highest BCUT2D eigenvalue weighted by Gasteiger charge is 2.44. The molecule has 0 amide bonds. The van der Waals surface area contributed by atoms with Gasteiger partial charge in [0.05, 0.1) is 15.4 Å². The number of halogens is 4. The summed E-state index contributed by atoms with van der Waals surface area (Å²) < 4.78 is 78.7. The van der Waals surface area contributed by atoms with Crippen molar-refractivity contribution < 1.29 is 30.9 Å². The molecular formula is C9H10F4O3S. The molecule has 17 heavy (non-hydrogen) atoms. The van der Waals surface area contributed by atoms with E-state index in [0.29, 0.717) is 0 Å². The highest BCUT2D eigenvalue weighted by Crippen LogP contribution is 2.31. The highest BCUT2D eigenvalue weighted by atomic mass is 32.3. The molecule has 0 radical (unpaired) electrons. The van der Waals surface area contributed by atoms with Crippen molar-refractivity contribution in [2.45, 2.75) is 11.9 Å². The van der Waals surface area contributed by atoms with Crippen molar-refractivity contribution in [3.05, 3.63) is 35.6 Å². The second kappa shape index (κ2) is 4.04. The van der Waals surface area contributed by atoms with Crippen LogP contribution in [0.2, 0.25) is 0 Å². The maximum Gasteiger partial charge on any atom is 0.402 e. The summed E-state index contributed by atoms with van der Waals surface area (Å²) in [5.74, 6) is -4.52. The quantitative estimate of drug-likeness (QED) is 0.833. The highest BCUT2D eigenvalue weighted by molar-refractivity contribution is 8.09. The lowest BCUT2D eigenvalue weighted by Gasteiger charge is -2.31. The number of alkyl halides is 3. The Balaban J connectivity index is 3.01. The van der Waals surface area contributed by atoms with Gasteiger partial charge in [-0.2, -0.15) is 13.2 Å². The van der Waals surface area contributed by atoms with Gasteiger partial charge >= 0.3 is 6.18 Å². The Labute approximate surface area is 94.5 Å². The summed E-state index contributed by atoms with van der Waals surface area (Å²) >= 11 is 0. The van der Waals surface area contributed by atoms with Crippen LogP contribution in [0, 0.1) is 5.82 Å². The molecule has 0 saturated carbocycles. The summed E-state index contributed by atoms with van der Waals surface area (Å²) in [4.78, 5) is 0. The summed E-state index contributed by atoms with van der Waals surface area (Å²) in [5, 5.41) is 0. The van der Waals surface area contributed by atoms with E-state index in [1.54, 1.807) is 0 Å². The third kappa shape index (κ3) is 4.80. The second-order valence-corrected chi connectivity index (χ2v) is 6.63. The van der Waals surface area contributed by atoms with Gasteiger partial charge in [0.15, 0.2) is 0 Å². The lowest BCUT2D eigenvalue weighted by atomic mass is 10.2. The van der Waals surface area contributed by atoms with Gasteiger partial charge in [-0.05, 0) is 6.07 Å². The molecule has 0 aliphatic carbocycles. The van der Waals surface area contributed by atoms with E-state index < -0.39 is 38.7 Å². The number of hydrogen-bond acceptors (Lipinski definition) is 1. The molecule has 0 spiro atoms. The van der Waals surface area contributed by atoms with E-state index in [4.69, 9.17) is 9.11 Å². The summed E-state index contributed by atoms with van der Waals surface area (Å²) in [6.45, 7) is 0. The molecule has 2 N–H and O–H groups in total. The molecule has 0 heterocycles. The van der Waals surface area contributed by atoms with Crippen molar-refractivity contribution >= 4 is 9.63 Å². The van der Waals surface area contributed by atoms with Gasteiger partial charge < -0.3 is 9.11 Å². The lowest BCUT2D eigenvalue weighted by molar-refractivity contribution is -0.109. The summed E-state index contributed by atoms with van der Waals surface area (Å²) in [6.07, 6.45) is -5.02. The van der Waals surface area contributed by atoms with E-state index in [-0.39, 0.29) is 0 Å². The third-order valence-corrected chi connectivity index (χ3v) is 3.66. The van der Waals surface area contributed by atoms with Crippen molar-refractivity contribution in [3.63, 3.8) is 0 Å². The van der Waals surface area contributed by atoms with Crippen LogP contribution in [0.1, 0.15) is 5.56 Å². The Kier molecular flexibility index (Phi) is 3.34. The van der Waals surface area contributed by atoms with E-state index in [9.17, 15) is 21.8 Å². The SMILES string of the molecule is O=S(O)(O)(Cc1ccccc1F)CC(F)(F)F. The molecule has 0 aliphatic heterocycles. The van der Waals surface area contributed by atoms with Crippen molar-refractivity contribution in [2.24, 2.45) is 0 Å². The third-order valence-electron chi connectivity index (χ3n) is 1.86. The Bertz CT molecular complexity index is 477. The predicted molar refractivity (Wildman–Crippen MR) is 54.4 cm³/mol. The number of hydrogen-bond donors (Lipinski definition) is 2. The van der Waals surface area contributed by atoms with Gasteiger partial charge in [-0.1, -0.05) is 18.2 Å². The van der Waals surface area contributed by atoms with Crippen molar-refractivity contribution in [1.82, 2.24) is 0 Å². The van der Waals surface area contributed by atoms with E-state index in [1.807, 2.05) is 0 Å². The molecule has 0 saturated heterocycles. The van der Waals surface area contributed by atoms with Crippen LogP contribution in [0.5, 0.6) is 0 Å². The minimum atomic E-state index is -5.94. The van der Waals surface area contributed by atoms with E-state index >= 15 is 0 Å². The first-order chi connectivity index (χ1) is 7.46. The molecule has 0 aromatic heterocycles.